The molecule has 4 saturated carbocycles. The van der Waals surface area contributed by atoms with Crippen LogP contribution in [0.1, 0.15) is 79.6 Å². The Bertz CT molecular complexity index is 574. The van der Waals surface area contributed by atoms with Crippen molar-refractivity contribution in [3.8, 4) is 0 Å². The molecule has 4 fully saturated rings. The van der Waals surface area contributed by atoms with Gasteiger partial charge in [0.25, 0.3) is 0 Å². The van der Waals surface area contributed by atoms with Crippen LogP contribution in [0.2, 0.25) is 0 Å². The lowest BCUT2D eigenvalue weighted by molar-refractivity contribution is -0.242. The van der Waals surface area contributed by atoms with Crippen LogP contribution in [0.15, 0.2) is 0 Å². The van der Waals surface area contributed by atoms with Gasteiger partial charge in [-0.2, -0.15) is 0 Å². The van der Waals surface area contributed by atoms with Crippen molar-refractivity contribution >= 4 is 0 Å². The number of hydrogen-bond acceptors (Lipinski definition) is 3. The summed E-state index contributed by atoms with van der Waals surface area (Å²) >= 11 is 0. The Hall–Kier alpha value is -0.120. The van der Waals surface area contributed by atoms with Gasteiger partial charge in [-0.25, -0.2) is 0 Å². The second-order valence-corrected chi connectivity index (χ2v) is 11.7. The van der Waals surface area contributed by atoms with Gasteiger partial charge in [0, 0.05) is 6.61 Å². The Balaban J connectivity index is 1.77. The molecule has 4 rings (SSSR count). The van der Waals surface area contributed by atoms with Crippen molar-refractivity contribution < 1.29 is 15.3 Å². The second kappa shape index (κ2) is 5.70. The molecule has 0 unspecified atom stereocenters. The average Bonchev–Trinajstić information content (AvgIpc) is 2.93. The molecule has 3 heteroatoms. The molecule has 0 aromatic carbocycles. The molecule has 3 N–H and O–H groups in total. The molecule has 0 aromatic heterocycles. The molecule has 4 aliphatic carbocycles. The van der Waals surface area contributed by atoms with E-state index >= 15 is 0 Å². The molecule has 0 spiro atoms. The molecule has 4 aliphatic rings. The zero-order valence-electron chi connectivity index (χ0n) is 17.5. The maximum atomic E-state index is 11.2. The van der Waals surface area contributed by atoms with E-state index in [1.165, 1.54) is 12.8 Å². The number of hydrogen-bond donors (Lipinski definition) is 3. The molecule has 0 amide bonds. The van der Waals surface area contributed by atoms with Crippen LogP contribution >= 0.6 is 0 Å². The fourth-order valence-electron chi connectivity index (χ4n) is 9.10. The van der Waals surface area contributed by atoms with Crippen LogP contribution in [0.5, 0.6) is 0 Å². The van der Waals surface area contributed by atoms with E-state index in [1.54, 1.807) is 0 Å². The topological polar surface area (TPSA) is 60.7 Å². The number of aliphatic hydroxyl groups excluding tert-OH is 3. The highest BCUT2D eigenvalue weighted by molar-refractivity contribution is 5.18. The zero-order valence-corrected chi connectivity index (χ0v) is 17.5. The van der Waals surface area contributed by atoms with Crippen LogP contribution in [-0.2, 0) is 0 Å². The zero-order chi connectivity index (χ0) is 19.1. The Kier molecular flexibility index (Phi) is 4.21. The molecule has 9 atom stereocenters. The molecule has 0 aromatic rings. The predicted molar refractivity (Wildman–Crippen MR) is 103 cm³/mol. The molecule has 0 saturated heterocycles. The summed E-state index contributed by atoms with van der Waals surface area (Å²) in [6, 6.07) is 0. The Labute approximate surface area is 159 Å². The van der Waals surface area contributed by atoms with E-state index in [0.717, 1.165) is 32.1 Å². The Morgan fingerprint density at radius 1 is 0.808 bits per heavy atom. The van der Waals surface area contributed by atoms with Crippen molar-refractivity contribution in [1.82, 2.24) is 0 Å². The molecule has 0 radical (unpaired) electrons. The van der Waals surface area contributed by atoms with Crippen LogP contribution in [0.3, 0.4) is 0 Å². The van der Waals surface area contributed by atoms with E-state index in [2.05, 4.69) is 34.6 Å². The van der Waals surface area contributed by atoms with Crippen LogP contribution in [-0.4, -0.2) is 34.1 Å². The van der Waals surface area contributed by atoms with E-state index in [0.29, 0.717) is 11.8 Å². The summed E-state index contributed by atoms with van der Waals surface area (Å²) in [6.07, 6.45) is 6.95. The fourth-order valence-corrected chi connectivity index (χ4v) is 9.10. The highest BCUT2D eigenvalue weighted by atomic mass is 16.3. The minimum atomic E-state index is -0.289. The van der Waals surface area contributed by atoms with E-state index in [4.69, 9.17) is 0 Å². The smallest absolute Gasteiger partial charge is 0.0594 e. The highest BCUT2D eigenvalue weighted by Crippen LogP contribution is 2.75. The standard InChI is InChI=1S/C23H40O3/c1-20(2)16-7-11-22(4)17(21(16,3)9-8-18(20)26)12-15(25)19-14(13-24)6-10-23(19,22)5/h14-19,24-26H,6-13H2,1-5H3/t14-,15-,16+,17-,18+,19+,21+,22-,23-/m1/s1. The predicted octanol–water partition coefficient (Wildman–Crippen LogP) is 4.00. The summed E-state index contributed by atoms with van der Waals surface area (Å²) in [7, 11) is 0. The summed E-state index contributed by atoms with van der Waals surface area (Å²) in [5.74, 6) is 1.55. The van der Waals surface area contributed by atoms with Gasteiger partial charge in [-0.15, -0.1) is 0 Å². The lowest BCUT2D eigenvalue weighted by atomic mass is 9.35. The summed E-state index contributed by atoms with van der Waals surface area (Å²) in [4.78, 5) is 0. The van der Waals surface area contributed by atoms with Crippen molar-refractivity contribution in [3.63, 3.8) is 0 Å². The Morgan fingerprint density at radius 3 is 2.12 bits per heavy atom. The van der Waals surface area contributed by atoms with E-state index in [-0.39, 0.29) is 52.3 Å². The Morgan fingerprint density at radius 2 is 1.46 bits per heavy atom. The summed E-state index contributed by atoms with van der Waals surface area (Å²) in [5.41, 5.74) is 0.504. The molecular formula is C23H40O3. The first-order valence-electron chi connectivity index (χ1n) is 11.0. The van der Waals surface area contributed by atoms with Gasteiger partial charge in [0.15, 0.2) is 0 Å². The maximum Gasteiger partial charge on any atom is 0.0594 e. The normalized spacial score (nSPS) is 58.6. The van der Waals surface area contributed by atoms with E-state index in [9.17, 15) is 15.3 Å². The van der Waals surface area contributed by atoms with Crippen LogP contribution in [0.25, 0.3) is 0 Å². The molecule has 3 nitrogen and oxygen atoms in total. The molecular weight excluding hydrogens is 324 g/mol. The van der Waals surface area contributed by atoms with Crippen LogP contribution in [0, 0.1) is 45.3 Å². The maximum absolute atomic E-state index is 11.2. The van der Waals surface area contributed by atoms with Gasteiger partial charge in [-0.05, 0) is 90.3 Å². The van der Waals surface area contributed by atoms with Crippen molar-refractivity contribution in [3.05, 3.63) is 0 Å². The highest BCUT2D eigenvalue weighted by Gasteiger charge is 2.70. The number of rotatable bonds is 1. The molecule has 0 heterocycles. The first kappa shape index (κ1) is 19.2. The number of aliphatic hydroxyl groups is 3. The molecule has 0 aliphatic heterocycles. The monoisotopic (exact) mass is 364 g/mol. The minimum Gasteiger partial charge on any atom is -0.396 e. The van der Waals surface area contributed by atoms with E-state index < -0.39 is 0 Å². The van der Waals surface area contributed by atoms with Gasteiger partial charge < -0.3 is 15.3 Å². The van der Waals surface area contributed by atoms with Crippen LogP contribution in [0.4, 0.5) is 0 Å². The van der Waals surface area contributed by atoms with Gasteiger partial charge in [0.2, 0.25) is 0 Å². The average molecular weight is 365 g/mol. The van der Waals surface area contributed by atoms with Gasteiger partial charge in [0.1, 0.15) is 0 Å². The largest absolute Gasteiger partial charge is 0.396 e. The van der Waals surface area contributed by atoms with Crippen molar-refractivity contribution in [1.29, 1.82) is 0 Å². The van der Waals surface area contributed by atoms with Crippen molar-refractivity contribution in [2.45, 2.75) is 91.8 Å². The minimum absolute atomic E-state index is 0.0413. The lowest BCUT2D eigenvalue weighted by Gasteiger charge is -2.70. The quantitative estimate of drug-likeness (QED) is 0.659. The SMILES string of the molecule is CC1(C)[C@@H](O)CC[C@]2(C)[C@H]3C[C@@H](O)[C@@H]4[C@@H](CO)CC[C@@]4(C)[C@]3(C)CC[C@@H]12. The van der Waals surface area contributed by atoms with Gasteiger partial charge in [-0.1, -0.05) is 34.6 Å². The number of fused-ring (bicyclic) bond motifs is 5. The summed E-state index contributed by atoms with van der Waals surface area (Å²) < 4.78 is 0. The first-order valence-corrected chi connectivity index (χ1v) is 11.0. The lowest BCUT2D eigenvalue weighted by Crippen LogP contribution is -2.66. The second-order valence-electron chi connectivity index (χ2n) is 11.7. The molecule has 150 valence electrons. The van der Waals surface area contributed by atoms with Crippen molar-refractivity contribution in [2.75, 3.05) is 6.61 Å². The van der Waals surface area contributed by atoms with Crippen molar-refractivity contribution in [2.24, 2.45) is 45.3 Å². The molecule has 26 heavy (non-hydrogen) atoms. The molecule has 0 bridgehead atoms. The third kappa shape index (κ3) is 2.12. The van der Waals surface area contributed by atoms with Gasteiger partial charge in [-0.3, -0.25) is 0 Å². The third-order valence-electron chi connectivity index (χ3n) is 10.7. The summed E-state index contributed by atoms with van der Waals surface area (Å²) in [5, 5.41) is 31.8. The van der Waals surface area contributed by atoms with E-state index in [1.807, 2.05) is 0 Å². The van der Waals surface area contributed by atoms with Gasteiger partial charge >= 0.3 is 0 Å². The van der Waals surface area contributed by atoms with Gasteiger partial charge in [0.05, 0.1) is 12.2 Å². The first-order chi connectivity index (χ1) is 12.0. The third-order valence-corrected chi connectivity index (χ3v) is 10.7. The fraction of sp³-hybridized carbons (Fsp3) is 1.00. The van der Waals surface area contributed by atoms with Crippen LogP contribution < -0.4 is 0 Å². The summed E-state index contributed by atoms with van der Waals surface area (Å²) in [6.45, 7) is 12.2.